The fourth-order valence-corrected chi connectivity index (χ4v) is 2.45. The van der Waals surface area contributed by atoms with Gasteiger partial charge >= 0.3 is 5.97 Å². The summed E-state index contributed by atoms with van der Waals surface area (Å²) in [6.45, 7) is 8.85. The highest BCUT2D eigenvalue weighted by Gasteiger charge is 2.17. The summed E-state index contributed by atoms with van der Waals surface area (Å²) < 4.78 is 7.12. The van der Waals surface area contributed by atoms with Gasteiger partial charge in [-0.2, -0.15) is 0 Å². The zero-order valence-electron chi connectivity index (χ0n) is 13.0. The van der Waals surface area contributed by atoms with Crippen LogP contribution in [0.1, 0.15) is 38.8 Å². The molecule has 3 heteroatoms. The Kier molecular flexibility index (Phi) is 3.89. The Morgan fingerprint density at radius 2 is 2.00 bits per heavy atom. The van der Waals surface area contributed by atoms with Crippen LogP contribution in [0.2, 0.25) is 0 Å². The maximum absolute atomic E-state index is 11.7. The predicted octanol–water partition coefficient (Wildman–Crippen LogP) is 3.58. The summed E-state index contributed by atoms with van der Waals surface area (Å²) in [5.41, 5.74) is 3.57. The SMILES string of the molecule is CCOC(=O)Cc1cn(C)c2ccc(C(C)(C)C)cc12. The monoisotopic (exact) mass is 273 g/mol. The number of nitrogens with zero attached hydrogens (tertiary/aromatic N) is 1. The highest BCUT2D eigenvalue weighted by Crippen LogP contribution is 2.29. The predicted molar refractivity (Wildman–Crippen MR) is 82.0 cm³/mol. The molecule has 0 bridgehead atoms. The van der Waals surface area contributed by atoms with Crippen LogP contribution in [0.5, 0.6) is 0 Å². The first-order chi connectivity index (χ1) is 9.32. The highest BCUT2D eigenvalue weighted by molar-refractivity contribution is 5.88. The van der Waals surface area contributed by atoms with Gasteiger partial charge in [0.2, 0.25) is 0 Å². The van der Waals surface area contributed by atoms with Gasteiger partial charge in [0.1, 0.15) is 0 Å². The average molecular weight is 273 g/mol. The number of benzene rings is 1. The Morgan fingerprint density at radius 1 is 1.30 bits per heavy atom. The molecule has 0 saturated heterocycles. The van der Waals surface area contributed by atoms with Crippen molar-refractivity contribution < 1.29 is 9.53 Å². The Labute approximate surface area is 120 Å². The van der Waals surface area contributed by atoms with E-state index in [0.717, 1.165) is 16.5 Å². The number of hydrogen-bond acceptors (Lipinski definition) is 2. The third-order valence-corrected chi connectivity index (χ3v) is 3.58. The molecule has 2 rings (SSSR count). The van der Waals surface area contributed by atoms with E-state index in [9.17, 15) is 4.79 Å². The molecule has 0 atom stereocenters. The minimum absolute atomic E-state index is 0.102. The van der Waals surface area contributed by atoms with Crippen LogP contribution in [-0.4, -0.2) is 17.1 Å². The molecule has 0 aliphatic carbocycles. The summed E-state index contributed by atoms with van der Waals surface area (Å²) in [4.78, 5) is 11.7. The number of carbonyl (C=O) groups excluding carboxylic acids is 1. The van der Waals surface area contributed by atoms with Crippen molar-refractivity contribution in [2.24, 2.45) is 7.05 Å². The van der Waals surface area contributed by atoms with Crippen molar-refractivity contribution in [3.05, 3.63) is 35.5 Å². The second kappa shape index (κ2) is 5.31. The van der Waals surface area contributed by atoms with E-state index in [2.05, 4.69) is 43.5 Å². The number of rotatable bonds is 3. The van der Waals surface area contributed by atoms with Crippen molar-refractivity contribution in [1.29, 1.82) is 0 Å². The zero-order valence-corrected chi connectivity index (χ0v) is 13.0. The lowest BCUT2D eigenvalue weighted by Crippen LogP contribution is -2.11. The molecule has 0 amide bonds. The van der Waals surface area contributed by atoms with Gasteiger partial charge in [-0.05, 0) is 35.6 Å². The van der Waals surface area contributed by atoms with Crippen molar-refractivity contribution in [2.45, 2.75) is 39.5 Å². The fraction of sp³-hybridized carbons (Fsp3) is 0.471. The smallest absolute Gasteiger partial charge is 0.310 e. The van der Waals surface area contributed by atoms with E-state index in [1.165, 1.54) is 5.56 Å². The second-order valence-electron chi connectivity index (χ2n) is 6.23. The molecule has 2 aromatic rings. The van der Waals surface area contributed by atoms with Gasteiger partial charge in [0.15, 0.2) is 0 Å². The van der Waals surface area contributed by atoms with E-state index >= 15 is 0 Å². The van der Waals surface area contributed by atoms with Gasteiger partial charge < -0.3 is 9.30 Å². The second-order valence-corrected chi connectivity index (χ2v) is 6.23. The molecule has 20 heavy (non-hydrogen) atoms. The molecule has 3 nitrogen and oxygen atoms in total. The molecule has 0 aliphatic rings. The van der Waals surface area contributed by atoms with Crippen LogP contribution in [0, 0.1) is 0 Å². The van der Waals surface area contributed by atoms with Gasteiger partial charge in [0.25, 0.3) is 0 Å². The zero-order chi connectivity index (χ0) is 14.9. The summed E-state index contributed by atoms with van der Waals surface area (Å²) in [7, 11) is 2.01. The largest absolute Gasteiger partial charge is 0.466 e. The van der Waals surface area contributed by atoms with E-state index < -0.39 is 0 Å². The van der Waals surface area contributed by atoms with E-state index in [0.29, 0.717) is 13.0 Å². The molecule has 1 aromatic carbocycles. The molecule has 0 radical (unpaired) electrons. The molecule has 0 N–H and O–H groups in total. The molecular weight excluding hydrogens is 250 g/mol. The molecule has 108 valence electrons. The van der Waals surface area contributed by atoms with E-state index in [4.69, 9.17) is 4.74 Å². The van der Waals surface area contributed by atoms with Crippen molar-refractivity contribution in [3.63, 3.8) is 0 Å². The first kappa shape index (κ1) is 14.6. The topological polar surface area (TPSA) is 31.2 Å². The Bertz CT molecular complexity index is 632. The van der Waals surface area contributed by atoms with Crippen LogP contribution in [0.4, 0.5) is 0 Å². The van der Waals surface area contributed by atoms with Crippen LogP contribution in [0.25, 0.3) is 10.9 Å². The van der Waals surface area contributed by atoms with Gasteiger partial charge in [-0.1, -0.05) is 26.8 Å². The summed E-state index contributed by atoms with van der Waals surface area (Å²) in [5.74, 6) is -0.166. The summed E-state index contributed by atoms with van der Waals surface area (Å²) in [5, 5.41) is 1.15. The average Bonchev–Trinajstić information content (AvgIpc) is 2.65. The van der Waals surface area contributed by atoms with Gasteiger partial charge in [-0.3, -0.25) is 4.79 Å². The van der Waals surface area contributed by atoms with Crippen LogP contribution in [-0.2, 0) is 28.4 Å². The van der Waals surface area contributed by atoms with Crippen LogP contribution in [0.3, 0.4) is 0 Å². The lowest BCUT2D eigenvalue weighted by Gasteiger charge is -2.19. The third-order valence-electron chi connectivity index (χ3n) is 3.58. The first-order valence-electron chi connectivity index (χ1n) is 7.07. The van der Waals surface area contributed by atoms with E-state index in [1.807, 2.05) is 20.2 Å². The molecule has 0 saturated carbocycles. The van der Waals surface area contributed by atoms with Crippen LogP contribution < -0.4 is 0 Å². The molecular formula is C17H23NO2. The Hall–Kier alpha value is -1.77. The van der Waals surface area contributed by atoms with Crippen LogP contribution in [0.15, 0.2) is 24.4 Å². The molecule has 0 fully saturated rings. The molecule has 1 heterocycles. The van der Waals surface area contributed by atoms with Gasteiger partial charge in [0.05, 0.1) is 13.0 Å². The number of carbonyl (C=O) groups is 1. The Morgan fingerprint density at radius 3 is 2.60 bits per heavy atom. The van der Waals surface area contributed by atoms with Gasteiger partial charge in [-0.15, -0.1) is 0 Å². The molecule has 0 unspecified atom stereocenters. The number of hydrogen-bond donors (Lipinski definition) is 0. The maximum atomic E-state index is 11.7. The lowest BCUT2D eigenvalue weighted by molar-refractivity contribution is -0.142. The third kappa shape index (κ3) is 2.87. The maximum Gasteiger partial charge on any atom is 0.310 e. The minimum Gasteiger partial charge on any atom is -0.466 e. The molecule has 1 aromatic heterocycles. The quantitative estimate of drug-likeness (QED) is 0.800. The first-order valence-corrected chi connectivity index (χ1v) is 7.07. The van der Waals surface area contributed by atoms with E-state index in [-0.39, 0.29) is 11.4 Å². The normalized spacial score (nSPS) is 11.8. The van der Waals surface area contributed by atoms with Crippen molar-refractivity contribution in [2.75, 3.05) is 6.61 Å². The summed E-state index contributed by atoms with van der Waals surface area (Å²) in [6, 6.07) is 6.49. The number of fused-ring (bicyclic) bond motifs is 1. The van der Waals surface area contributed by atoms with E-state index in [1.54, 1.807) is 0 Å². The summed E-state index contributed by atoms with van der Waals surface area (Å²) in [6.07, 6.45) is 2.35. The Balaban J connectivity index is 2.47. The van der Waals surface area contributed by atoms with Crippen molar-refractivity contribution in [3.8, 4) is 0 Å². The minimum atomic E-state index is -0.166. The summed E-state index contributed by atoms with van der Waals surface area (Å²) >= 11 is 0. The molecule has 0 spiro atoms. The highest BCUT2D eigenvalue weighted by atomic mass is 16.5. The number of ether oxygens (including phenoxy) is 1. The number of esters is 1. The van der Waals surface area contributed by atoms with Gasteiger partial charge in [-0.25, -0.2) is 0 Å². The molecule has 0 aliphatic heterocycles. The van der Waals surface area contributed by atoms with Crippen molar-refractivity contribution in [1.82, 2.24) is 4.57 Å². The number of aryl methyl sites for hydroxylation is 1. The fourth-order valence-electron chi connectivity index (χ4n) is 2.45. The lowest BCUT2D eigenvalue weighted by atomic mass is 9.86. The standard InChI is InChI=1S/C17H23NO2/c1-6-20-16(19)9-12-11-18(5)15-8-7-13(10-14(12)15)17(2,3)4/h7-8,10-11H,6,9H2,1-5H3. The number of aromatic nitrogens is 1. The van der Waals surface area contributed by atoms with Crippen molar-refractivity contribution >= 4 is 16.9 Å². The van der Waals surface area contributed by atoms with Gasteiger partial charge in [0, 0.05) is 24.1 Å². The van der Waals surface area contributed by atoms with Crippen LogP contribution >= 0.6 is 0 Å².